The second kappa shape index (κ2) is 7.95. The summed E-state index contributed by atoms with van der Waals surface area (Å²) >= 11 is 0. The van der Waals surface area contributed by atoms with Gasteiger partial charge in [-0.1, -0.05) is 0 Å². The molecule has 28 heavy (non-hydrogen) atoms. The van der Waals surface area contributed by atoms with Crippen LogP contribution in [-0.2, 0) is 0 Å². The van der Waals surface area contributed by atoms with Crippen LogP contribution >= 0.6 is 0 Å². The lowest BCUT2D eigenvalue weighted by Gasteiger charge is -2.37. The number of rotatable bonds is 4. The predicted molar refractivity (Wildman–Crippen MR) is 105 cm³/mol. The molecule has 2 aromatic rings. The topological polar surface area (TPSA) is 43.8 Å². The summed E-state index contributed by atoms with van der Waals surface area (Å²) in [4.78, 5) is 6.68. The Hall–Kier alpha value is -2.34. The van der Waals surface area contributed by atoms with Crippen molar-refractivity contribution in [2.75, 3.05) is 26.3 Å². The first-order valence-electron chi connectivity index (χ1n) is 9.94. The molecule has 0 bridgehead atoms. The highest BCUT2D eigenvalue weighted by Gasteiger charge is 2.28. The minimum Gasteiger partial charge on any atom is -0.489 e. The van der Waals surface area contributed by atoms with Crippen LogP contribution in [0.25, 0.3) is 0 Å². The van der Waals surface area contributed by atoms with Crippen LogP contribution in [-0.4, -0.2) is 42.3 Å². The zero-order valence-corrected chi connectivity index (χ0v) is 16.7. The Morgan fingerprint density at radius 1 is 1.11 bits per heavy atom. The average molecular weight is 386 g/mol. The molecule has 0 N–H and O–H groups in total. The number of likely N-dealkylation sites (tertiary alicyclic amines) is 1. The smallest absolute Gasteiger partial charge is 0.164 e. The Kier molecular flexibility index (Phi) is 5.40. The van der Waals surface area contributed by atoms with E-state index in [4.69, 9.17) is 14.2 Å². The van der Waals surface area contributed by atoms with Gasteiger partial charge < -0.3 is 14.2 Å². The minimum absolute atomic E-state index is 0.0665. The predicted octanol–water partition coefficient (Wildman–Crippen LogP) is 4.21. The van der Waals surface area contributed by atoms with Gasteiger partial charge in [-0.25, -0.2) is 4.39 Å². The molecule has 5 nitrogen and oxygen atoms in total. The van der Waals surface area contributed by atoms with Crippen molar-refractivity contribution in [2.24, 2.45) is 0 Å². The van der Waals surface area contributed by atoms with Crippen molar-refractivity contribution < 1.29 is 18.6 Å². The zero-order chi connectivity index (χ0) is 19.7. The molecule has 6 heteroatoms. The molecule has 1 fully saturated rings. The number of halogens is 1. The molecule has 0 aliphatic carbocycles. The first kappa shape index (κ1) is 19.0. The fourth-order valence-electron chi connectivity index (χ4n) is 4.07. The molecule has 2 aliphatic rings. The molecule has 1 aromatic heterocycles. The van der Waals surface area contributed by atoms with Gasteiger partial charge in [0.15, 0.2) is 11.5 Å². The lowest BCUT2D eigenvalue weighted by atomic mass is 10.0. The van der Waals surface area contributed by atoms with Crippen LogP contribution < -0.4 is 14.2 Å². The van der Waals surface area contributed by atoms with E-state index in [9.17, 15) is 4.39 Å². The van der Waals surface area contributed by atoms with Gasteiger partial charge in [-0.15, -0.1) is 0 Å². The van der Waals surface area contributed by atoms with Crippen molar-refractivity contribution >= 4 is 0 Å². The SMILES string of the molecule is Cc1cc(OC2CCCN(C(C)c3cc4c(cc3F)OCCO4)C2)cc(C)n1. The lowest BCUT2D eigenvalue weighted by Crippen LogP contribution is -2.42. The normalized spacial score (nSPS) is 20.6. The monoisotopic (exact) mass is 386 g/mol. The lowest BCUT2D eigenvalue weighted by molar-refractivity contribution is 0.0645. The molecule has 0 amide bonds. The molecule has 150 valence electrons. The number of piperidine rings is 1. The third-order valence-corrected chi connectivity index (χ3v) is 5.43. The van der Waals surface area contributed by atoms with E-state index in [-0.39, 0.29) is 18.0 Å². The fourth-order valence-corrected chi connectivity index (χ4v) is 4.07. The van der Waals surface area contributed by atoms with Crippen LogP contribution in [0.3, 0.4) is 0 Å². The molecule has 0 spiro atoms. The Morgan fingerprint density at radius 2 is 1.79 bits per heavy atom. The van der Waals surface area contributed by atoms with E-state index in [2.05, 4.69) is 9.88 Å². The molecule has 2 aliphatic heterocycles. The van der Waals surface area contributed by atoms with Crippen molar-refractivity contribution in [1.29, 1.82) is 0 Å². The maximum Gasteiger partial charge on any atom is 0.164 e. The van der Waals surface area contributed by atoms with Crippen molar-refractivity contribution in [3.05, 3.63) is 47.0 Å². The van der Waals surface area contributed by atoms with Gasteiger partial charge in [0.05, 0.1) is 0 Å². The third kappa shape index (κ3) is 4.07. The van der Waals surface area contributed by atoms with Gasteiger partial charge in [0, 0.05) is 47.7 Å². The highest BCUT2D eigenvalue weighted by Crippen LogP contribution is 2.37. The third-order valence-electron chi connectivity index (χ3n) is 5.43. The number of aryl methyl sites for hydroxylation is 2. The molecule has 1 aromatic carbocycles. The Labute approximate surface area is 165 Å². The second-order valence-corrected chi connectivity index (χ2v) is 7.66. The molecule has 0 radical (unpaired) electrons. The number of hydrogen-bond donors (Lipinski definition) is 0. The Bertz CT molecular complexity index is 838. The largest absolute Gasteiger partial charge is 0.489 e. The van der Waals surface area contributed by atoms with E-state index in [0.29, 0.717) is 30.3 Å². The van der Waals surface area contributed by atoms with Crippen LogP contribution in [0.5, 0.6) is 17.2 Å². The number of aromatic nitrogens is 1. The second-order valence-electron chi connectivity index (χ2n) is 7.66. The summed E-state index contributed by atoms with van der Waals surface area (Å²) in [5.74, 6) is 1.72. The van der Waals surface area contributed by atoms with Gasteiger partial charge in [0.25, 0.3) is 0 Å². The van der Waals surface area contributed by atoms with Crippen LogP contribution in [0.4, 0.5) is 4.39 Å². The zero-order valence-electron chi connectivity index (χ0n) is 16.7. The molecular formula is C22H27FN2O3. The number of benzene rings is 1. The summed E-state index contributed by atoms with van der Waals surface area (Å²) in [5.41, 5.74) is 2.55. The van der Waals surface area contributed by atoms with Crippen molar-refractivity contribution in [1.82, 2.24) is 9.88 Å². The van der Waals surface area contributed by atoms with Gasteiger partial charge in [-0.3, -0.25) is 9.88 Å². The van der Waals surface area contributed by atoms with E-state index >= 15 is 0 Å². The Balaban J connectivity index is 1.48. The van der Waals surface area contributed by atoms with Crippen molar-refractivity contribution in [3.63, 3.8) is 0 Å². The van der Waals surface area contributed by atoms with E-state index in [1.54, 1.807) is 6.07 Å². The highest BCUT2D eigenvalue weighted by atomic mass is 19.1. The molecule has 2 atom stereocenters. The molecule has 0 saturated carbocycles. The van der Waals surface area contributed by atoms with Gasteiger partial charge in [0.1, 0.15) is 30.9 Å². The van der Waals surface area contributed by atoms with Crippen molar-refractivity contribution in [3.8, 4) is 17.2 Å². The van der Waals surface area contributed by atoms with Gasteiger partial charge in [0.2, 0.25) is 0 Å². The van der Waals surface area contributed by atoms with E-state index < -0.39 is 0 Å². The first-order valence-corrected chi connectivity index (χ1v) is 9.94. The van der Waals surface area contributed by atoms with Crippen molar-refractivity contribution in [2.45, 2.75) is 45.8 Å². The number of fused-ring (bicyclic) bond motifs is 1. The number of pyridine rings is 1. The van der Waals surface area contributed by atoms with Gasteiger partial charge in [-0.2, -0.15) is 0 Å². The summed E-state index contributed by atoms with van der Waals surface area (Å²) in [5, 5.41) is 0. The molecule has 2 unspecified atom stereocenters. The summed E-state index contributed by atoms with van der Waals surface area (Å²) < 4.78 is 32.1. The van der Waals surface area contributed by atoms with E-state index in [1.165, 1.54) is 6.07 Å². The van der Waals surface area contributed by atoms with Crippen LogP contribution in [0.1, 0.15) is 42.8 Å². The van der Waals surface area contributed by atoms with Crippen LogP contribution in [0.15, 0.2) is 24.3 Å². The maximum atomic E-state index is 14.7. The van der Waals surface area contributed by atoms with E-state index in [0.717, 1.165) is 43.1 Å². The molecule has 3 heterocycles. The first-order chi connectivity index (χ1) is 13.5. The summed E-state index contributed by atoms with van der Waals surface area (Å²) in [7, 11) is 0. The maximum absolute atomic E-state index is 14.7. The summed E-state index contributed by atoms with van der Waals surface area (Å²) in [6, 6.07) is 7.10. The highest BCUT2D eigenvalue weighted by molar-refractivity contribution is 5.45. The number of ether oxygens (including phenoxy) is 3. The standard InChI is InChI=1S/C22H27FN2O3/c1-14-9-18(10-15(2)24-14)28-17-5-4-6-25(13-17)16(3)19-11-21-22(12-20(19)23)27-8-7-26-21/h9-12,16-17H,4-8,13H2,1-3H3. The van der Waals surface area contributed by atoms with Gasteiger partial charge in [-0.05, 0) is 46.2 Å². The summed E-state index contributed by atoms with van der Waals surface area (Å²) in [6.07, 6.45) is 2.09. The number of nitrogens with zero attached hydrogens (tertiary/aromatic N) is 2. The Morgan fingerprint density at radius 3 is 2.50 bits per heavy atom. The average Bonchev–Trinajstić information content (AvgIpc) is 2.66. The fraction of sp³-hybridized carbons (Fsp3) is 0.500. The van der Waals surface area contributed by atoms with Crippen LogP contribution in [0, 0.1) is 19.7 Å². The molecular weight excluding hydrogens is 359 g/mol. The number of hydrogen-bond acceptors (Lipinski definition) is 5. The van der Waals surface area contributed by atoms with E-state index in [1.807, 2.05) is 32.9 Å². The molecule has 4 rings (SSSR count). The van der Waals surface area contributed by atoms with Crippen LogP contribution in [0.2, 0.25) is 0 Å². The minimum atomic E-state index is -0.250. The summed E-state index contributed by atoms with van der Waals surface area (Å²) in [6.45, 7) is 8.62. The quantitative estimate of drug-likeness (QED) is 0.787. The van der Waals surface area contributed by atoms with Gasteiger partial charge >= 0.3 is 0 Å². The molecule has 1 saturated heterocycles.